The summed E-state index contributed by atoms with van der Waals surface area (Å²) in [5.74, 6) is -1.85. The van der Waals surface area contributed by atoms with E-state index in [1.54, 1.807) is 13.8 Å². The van der Waals surface area contributed by atoms with Gasteiger partial charge in [0.1, 0.15) is 0 Å². The van der Waals surface area contributed by atoms with Crippen LogP contribution in [-0.2, 0) is 6.18 Å². The largest absolute Gasteiger partial charge is 0.451 e. The molecule has 0 bridgehead atoms. The standard InChI is InChI=1S/C10H13F3N4O/c1-9(2,14)5-17-7(18)6-3-15-8(16-4-6)10(11,12)13/h3-4H,5,14H2,1-2H3,(H,17,18). The van der Waals surface area contributed by atoms with Gasteiger partial charge in [0.05, 0.1) is 5.56 Å². The number of hydrogen-bond donors (Lipinski definition) is 2. The first-order valence-electron chi connectivity index (χ1n) is 5.06. The average molecular weight is 262 g/mol. The maximum Gasteiger partial charge on any atom is 0.451 e. The summed E-state index contributed by atoms with van der Waals surface area (Å²) in [4.78, 5) is 17.7. The van der Waals surface area contributed by atoms with E-state index in [2.05, 4.69) is 15.3 Å². The summed E-state index contributed by atoms with van der Waals surface area (Å²) in [7, 11) is 0. The lowest BCUT2D eigenvalue weighted by Crippen LogP contribution is -2.45. The van der Waals surface area contributed by atoms with E-state index < -0.39 is 23.4 Å². The molecule has 1 aromatic heterocycles. The third-order valence-corrected chi connectivity index (χ3v) is 1.87. The zero-order valence-electron chi connectivity index (χ0n) is 9.88. The highest BCUT2D eigenvalue weighted by molar-refractivity contribution is 5.93. The molecule has 0 aliphatic rings. The SMILES string of the molecule is CC(C)(N)CNC(=O)c1cnc(C(F)(F)F)nc1. The zero-order valence-corrected chi connectivity index (χ0v) is 9.88. The highest BCUT2D eigenvalue weighted by Gasteiger charge is 2.34. The number of alkyl halides is 3. The number of rotatable bonds is 3. The summed E-state index contributed by atoms with van der Waals surface area (Å²) in [6.45, 7) is 3.60. The first-order chi connectivity index (χ1) is 8.09. The molecule has 1 amide bonds. The smallest absolute Gasteiger partial charge is 0.350 e. The lowest BCUT2D eigenvalue weighted by molar-refractivity contribution is -0.145. The molecule has 1 aromatic rings. The number of nitrogens with zero attached hydrogens (tertiary/aromatic N) is 2. The van der Waals surface area contributed by atoms with Crippen LogP contribution in [0.4, 0.5) is 13.2 Å². The van der Waals surface area contributed by atoms with Gasteiger partial charge < -0.3 is 11.1 Å². The van der Waals surface area contributed by atoms with Crippen LogP contribution in [-0.4, -0.2) is 28.0 Å². The quantitative estimate of drug-likeness (QED) is 0.850. The first kappa shape index (κ1) is 14.4. The molecule has 1 rings (SSSR count). The minimum Gasteiger partial charge on any atom is -0.350 e. The van der Waals surface area contributed by atoms with E-state index in [4.69, 9.17) is 5.73 Å². The molecule has 0 aliphatic heterocycles. The van der Waals surface area contributed by atoms with Crippen LogP contribution in [0.15, 0.2) is 12.4 Å². The number of amides is 1. The Hall–Kier alpha value is -1.70. The Bertz CT molecular complexity index is 422. The van der Waals surface area contributed by atoms with Gasteiger partial charge in [-0.25, -0.2) is 9.97 Å². The van der Waals surface area contributed by atoms with E-state index in [-0.39, 0.29) is 12.1 Å². The first-order valence-corrected chi connectivity index (χ1v) is 5.06. The van der Waals surface area contributed by atoms with Crippen molar-refractivity contribution in [3.8, 4) is 0 Å². The van der Waals surface area contributed by atoms with Crippen molar-refractivity contribution in [2.24, 2.45) is 5.73 Å². The molecule has 100 valence electrons. The van der Waals surface area contributed by atoms with E-state index in [1.165, 1.54) is 0 Å². The number of halogens is 3. The molecule has 0 radical (unpaired) electrons. The Balaban J connectivity index is 2.71. The second-order valence-corrected chi connectivity index (χ2v) is 4.46. The van der Waals surface area contributed by atoms with Crippen molar-refractivity contribution in [1.82, 2.24) is 15.3 Å². The van der Waals surface area contributed by atoms with Gasteiger partial charge in [0.25, 0.3) is 5.91 Å². The van der Waals surface area contributed by atoms with Gasteiger partial charge in [0.2, 0.25) is 5.82 Å². The fourth-order valence-electron chi connectivity index (χ4n) is 1.00. The third kappa shape index (κ3) is 4.28. The van der Waals surface area contributed by atoms with Crippen LogP contribution < -0.4 is 11.1 Å². The van der Waals surface area contributed by atoms with Crippen LogP contribution in [0.25, 0.3) is 0 Å². The number of carbonyl (C=O) groups excluding carboxylic acids is 1. The van der Waals surface area contributed by atoms with Gasteiger partial charge in [-0.1, -0.05) is 0 Å². The third-order valence-electron chi connectivity index (χ3n) is 1.87. The molecule has 5 nitrogen and oxygen atoms in total. The Morgan fingerprint density at radius 1 is 1.33 bits per heavy atom. The molecule has 0 atom stereocenters. The molecule has 0 fully saturated rings. The van der Waals surface area contributed by atoms with Crippen molar-refractivity contribution in [2.45, 2.75) is 25.6 Å². The van der Waals surface area contributed by atoms with E-state index >= 15 is 0 Å². The second kappa shape index (κ2) is 4.89. The Morgan fingerprint density at radius 3 is 2.22 bits per heavy atom. The summed E-state index contributed by atoms with van der Waals surface area (Å²) in [5, 5.41) is 2.47. The van der Waals surface area contributed by atoms with Crippen LogP contribution in [0.3, 0.4) is 0 Å². The van der Waals surface area contributed by atoms with Crippen molar-refractivity contribution in [3.05, 3.63) is 23.8 Å². The van der Waals surface area contributed by atoms with Crippen LogP contribution in [0.5, 0.6) is 0 Å². The summed E-state index contributed by atoms with van der Waals surface area (Å²) in [5.41, 5.74) is 4.99. The van der Waals surface area contributed by atoms with Crippen LogP contribution in [0.1, 0.15) is 30.0 Å². The molecular weight excluding hydrogens is 249 g/mol. The van der Waals surface area contributed by atoms with Crippen molar-refractivity contribution in [1.29, 1.82) is 0 Å². The second-order valence-electron chi connectivity index (χ2n) is 4.46. The van der Waals surface area contributed by atoms with Crippen molar-refractivity contribution >= 4 is 5.91 Å². The van der Waals surface area contributed by atoms with E-state index in [0.29, 0.717) is 0 Å². The highest BCUT2D eigenvalue weighted by atomic mass is 19.4. The van der Waals surface area contributed by atoms with Crippen molar-refractivity contribution < 1.29 is 18.0 Å². The van der Waals surface area contributed by atoms with Crippen LogP contribution >= 0.6 is 0 Å². The lowest BCUT2D eigenvalue weighted by atomic mass is 10.1. The average Bonchev–Trinajstić information content (AvgIpc) is 2.24. The minimum atomic E-state index is -4.62. The predicted octanol–water partition coefficient (Wildman–Crippen LogP) is 0.963. The molecule has 3 N–H and O–H groups in total. The fourth-order valence-corrected chi connectivity index (χ4v) is 1.00. The lowest BCUT2D eigenvalue weighted by Gasteiger charge is -2.18. The topological polar surface area (TPSA) is 80.9 Å². The highest BCUT2D eigenvalue weighted by Crippen LogP contribution is 2.25. The van der Waals surface area contributed by atoms with Crippen LogP contribution in [0.2, 0.25) is 0 Å². The Morgan fingerprint density at radius 2 is 1.83 bits per heavy atom. The van der Waals surface area contributed by atoms with Gasteiger partial charge >= 0.3 is 6.18 Å². The maximum atomic E-state index is 12.2. The summed E-state index contributed by atoms with van der Waals surface area (Å²) >= 11 is 0. The Kier molecular flexibility index (Phi) is 3.90. The molecule has 8 heteroatoms. The van der Waals surface area contributed by atoms with E-state index in [1.807, 2.05) is 0 Å². The minimum absolute atomic E-state index is 0.0488. The molecule has 0 unspecified atom stereocenters. The van der Waals surface area contributed by atoms with Gasteiger partial charge in [-0.15, -0.1) is 0 Å². The maximum absolute atomic E-state index is 12.2. The normalized spacial score (nSPS) is 12.3. The van der Waals surface area contributed by atoms with Gasteiger partial charge in [-0.3, -0.25) is 4.79 Å². The van der Waals surface area contributed by atoms with Crippen molar-refractivity contribution in [3.63, 3.8) is 0 Å². The molecule has 0 saturated heterocycles. The molecule has 0 aliphatic carbocycles. The molecular formula is C10H13F3N4O. The summed E-state index contributed by atoms with van der Waals surface area (Å²) < 4.78 is 36.5. The number of carbonyl (C=O) groups is 1. The molecule has 0 spiro atoms. The summed E-state index contributed by atoms with van der Waals surface area (Å²) in [6, 6.07) is 0. The molecule has 0 saturated carbocycles. The fraction of sp³-hybridized carbons (Fsp3) is 0.500. The Labute approximate surface area is 102 Å². The molecule has 1 heterocycles. The van der Waals surface area contributed by atoms with E-state index in [9.17, 15) is 18.0 Å². The monoisotopic (exact) mass is 262 g/mol. The zero-order chi connectivity index (χ0) is 14.0. The number of nitrogens with one attached hydrogen (secondary N) is 1. The van der Waals surface area contributed by atoms with Gasteiger partial charge in [-0.2, -0.15) is 13.2 Å². The van der Waals surface area contributed by atoms with Crippen molar-refractivity contribution in [2.75, 3.05) is 6.54 Å². The van der Waals surface area contributed by atoms with Gasteiger partial charge in [0.15, 0.2) is 0 Å². The van der Waals surface area contributed by atoms with Crippen LogP contribution in [0, 0.1) is 0 Å². The number of aromatic nitrogens is 2. The van der Waals surface area contributed by atoms with Gasteiger partial charge in [-0.05, 0) is 13.8 Å². The summed E-state index contributed by atoms with van der Waals surface area (Å²) in [6.07, 6.45) is -2.96. The van der Waals surface area contributed by atoms with Gasteiger partial charge in [0, 0.05) is 24.5 Å². The number of hydrogen-bond acceptors (Lipinski definition) is 4. The number of nitrogens with two attached hydrogens (primary N) is 1. The van der Waals surface area contributed by atoms with E-state index in [0.717, 1.165) is 12.4 Å². The molecule has 0 aromatic carbocycles. The predicted molar refractivity (Wildman–Crippen MR) is 57.6 cm³/mol. The molecule has 18 heavy (non-hydrogen) atoms.